The van der Waals surface area contributed by atoms with Crippen LogP contribution in [0.4, 0.5) is 9.59 Å². The lowest BCUT2D eigenvalue weighted by molar-refractivity contribution is 0.0909. The summed E-state index contributed by atoms with van der Waals surface area (Å²) in [4.78, 5) is 30.6. The zero-order chi connectivity index (χ0) is 29.1. The Bertz CT molecular complexity index is 857. The molecule has 3 aliphatic rings. The van der Waals surface area contributed by atoms with Crippen LogP contribution in [0.15, 0.2) is 0 Å². The van der Waals surface area contributed by atoms with Gasteiger partial charge in [-0.3, -0.25) is 32.3 Å². The molecule has 2 amide bonds. The van der Waals surface area contributed by atoms with Crippen molar-refractivity contribution in [2.75, 3.05) is 65.6 Å². The van der Waals surface area contributed by atoms with E-state index in [-0.39, 0.29) is 48.1 Å². The first-order chi connectivity index (χ1) is 19.2. The maximum absolute atomic E-state index is 11.9. The molecule has 0 aromatic carbocycles. The molecular formula is C24H44N12O4. The monoisotopic (exact) mass is 564 g/mol. The summed E-state index contributed by atoms with van der Waals surface area (Å²) in [5.74, 6) is 0.186. The van der Waals surface area contributed by atoms with Crippen molar-refractivity contribution in [3.05, 3.63) is 0 Å². The van der Waals surface area contributed by atoms with E-state index in [4.69, 9.17) is 31.1 Å². The van der Waals surface area contributed by atoms with E-state index in [9.17, 15) is 9.59 Å². The second kappa shape index (κ2) is 15.0. The molecule has 16 heteroatoms. The van der Waals surface area contributed by atoms with Crippen molar-refractivity contribution in [1.29, 1.82) is 21.6 Å². The number of hydrogen-bond acceptors (Lipinski definition) is 8. The standard InChI is InChI=1S/C24H44N12O4/c1-3-39-23(37)35-13-9-33(10-14-35)21(27)31-19(25)29-17-7-5-6-8-18(17)30-20(26)32-22(28)34-11-15-36(16-12-34)24(38)40-4-2/h17-18H,3-16H2,1-2H3,(H4,25,27,29,31)(H4,26,28,30,32). The van der Waals surface area contributed by atoms with Crippen LogP contribution in [0, 0.1) is 21.6 Å². The largest absolute Gasteiger partial charge is 0.450 e. The molecule has 0 aromatic rings. The average molecular weight is 565 g/mol. The van der Waals surface area contributed by atoms with Gasteiger partial charge in [0.1, 0.15) is 0 Å². The number of carbonyl (C=O) groups is 2. The van der Waals surface area contributed by atoms with Gasteiger partial charge in [-0.25, -0.2) is 9.59 Å². The second-order valence-corrected chi connectivity index (χ2v) is 9.83. The van der Waals surface area contributed by atoms with Crippen molar-refractivity contribution in [2.45, 2.75) is 51.6 Å². The van der Waals surface area contributed by atoms with Gasteiger partial charge in [-0.15, -0.1) is 0 Å². The fraction of sp³-hybridized carbons (Fsp3) is 0.750. The summed E-state index contributed by atoms with van der Waals surface area (Å²) in [7, 11) is 0. The third kappa shape index (κ3) is 8.77. The lowest BCUT2D eigenvalue weighted by atomic mass is 9.90. The van der Waals surface area contributed by atoms with Crippen LogP contribution < -0.4 is 21.3 Å². The molecule has 16 nitrogen and oxygen atoms in total. The Morgan fingerprint density at radius 2 is 0.950 bits per heavy atom. The van der Waals surface area contributed by atoms with Crippen LogP contribution in [0.5, 0.6) is 0 Å². The predicted octanol–water partition coefficient (Wildman–Crippen LogP) is -0.0567. The van der Waals surface area contributed by atoms with E-state index >= 15 is 0 Å². The fourth-order valence-corrected chi connectivity index (χ4v) is 4.97. The highest BCUT2D eigenvalue weighted by molar-refractivity contribution is 5.97. The van der Waals surface area contributed by atoms with Gasteiger partial charge in [0.05, 0.1) is 13.2 Å². The molecule has 1 aliphatic carbocycles. The Kier molecular flexibility index (Phi) is 11.4. The number of amides is 2. The number of piperazine rings is 2. The minimum atomic E-state index is -0.348. The van der Waals surface area contributed by atoms with Crippen molar-refractivity contribution < 1.29 is 19.1 Å². The van der Waals surface area contributed by atoms with Gasteiger partial charge < -0.3 is 39.7 Å². The van der Waals surface area contributed by atoms with Gasteiger partial charge in [0.15, 0.2) is 23.8 Å². The average Bonchev–Trinajstić information content (AvgIpc) is 2.94. The number of ether oxygens (including phenoxy) is 2. The minimum absolute atomic E-state index is 0.00299. The van der Waals surface area contributed by atoms with Crippen LogP contribution in [0.25, 0.3) is 0 Å². The summed E-state index contributed by atoms with van der Waals surface area (Å²) in [5, 5.41) is 45.4. The van der Waals surface area contributed by atoms with Crippen molar-refractivity contribution in [3.63, 3.8) is 0 Å². The van der Waals surface area contributed by atoms with Crippen LogP contribution in [0.2, 0.25) is 0 Å². The first-order valence-electron chi connectivity index (χ1n) is 14.0. The number of carbonyl (C=O) groups excluding carboxylic acids is 2. The van der Waals surface area contributed by atoms with Gasteiger partial charge in [-0.1, -0.05) is 12.8 Å². The van der Waals surface area contributed by atoms with E-state index in [0.29, 0.717) is 65.6 Å². The van der Waals surface area contributed by atoms with Gasteiger partial charge >= 0.3 is 12.2 Å². The quantitative estimate of drug-likeness (QED) is 0.168. The maximum Gasteiger partial charge on any atom is 0.409 e. The molecule has 0 aromatic heterocycles. The van der Waals surface area contributed by atoms with Gasteiger partial charge in [-0.05, 0) is 26.7 Å². The van der Waals surface area contributed by atoms with Crippen molar-refractivity contribution in [1.82, 2.24) is 40.9 Å². The van der Waals surface area contributed by atoms with Crippen molar-refractivity contribution in [2.24, 2.45) is 0 Å². The summed E-state index contributed by atoms with van der Waals surface area (Å²) >= 11 is 0. The van der Waals surface area contributed by atoms with Crippen LogP contribution >= 0.6 is 0 Å². The van der Waals surface area contributed by atoms with E-state index < -0.39 is 0 Å². The molecule has 2 atom stereocenters. The molecule has 224 valence electrons. The lowest BCUT2D eigenvalue weighted by Crippen LogP contribution is -2.61. The summed E-state index contributed by atoms with van der Waals surface area (Å²) in [6.45, 7) is 7.85. The third-order valence-electron chi connectivity index (χ3n) is 7.16. The molecule has 0 radical (unpaired) electrons. The molecule has 1 saturated carbocycles. The van der Waals surface area contributed by atoms with Gasteiger partial charge in [0, 0.05) is 64.4 Å². The lowest BCUT2D eigenvalue weighted by Gasteiger charge is -2.37. The van der Waals surface area contributed by atoms with Crippen molar-refractivity contribution >= 4 is 36.0 Å². The first-order valence-corrected chi connectivity index (χ1v) is 14.0. The molecule has 0 spiro atoms. The van der Waals surface area contributed by atoms with E-state index in [0.717, 1.165) is 25.7 Å². The van der Waals surface area contributed by atoms with E-state index in [1.807, 2.05) is 0 Å². The SMILES string of the molecule is CCOC(=O)N1CCN(C(=N)NC(=N)NC2CCCCC2NC(=N)NC(=N)N2CCN(C(=O)OCC)CC2)CC1. The second-order valence-electron chi connectivity index (χ2n) is 9.83. The van der Waals surface area contributed by atoms with Gasteiger partial charge in [0.25, 0.3) is 0 Å². The summed E-state index contributed by atoms with van der Waals surface area (Å²) < 4.78 is 10.1. The zero-order valence-electron chi connectivity index (χ0n) is 23.5. The Hall–Kier alpha value is -3.98. The Morgan fingerprint density at radius 3 is 1.27 bits per heavy atom. The number of rotatable bonds is 4. The van der Waals surface area contributed by atoms with Crippen LogP contribution in [-0.4, -0.2) is 133 Å². The molecule has 2 saturated heterocycles. The fourth-order valence-electron chi connectivity index (χ4n) is 4.97. The molecule has 8 N–H and O–H groups in total. The van der Waals surface area contributed by atoms with E-state index in [1.165, 1.54) is 0 Å². The van der Waals surface area contributed by atoms with Crippen molar-refractivity contribution in [3.8, 4) is 0 Å². The molecule has 40 heavy (non-hydrogen) atoms. The molecule has 2 heterocycles. The molecule has 3 fully saturated rings. The summed E-state index contributed by atoms with van der Waals surface area (Å²) in [6.07, 6.45) is 2.87. The first kappa shape index (κ1) is 30.6. The third-order valence-corrected chi connectivity index (χ3v) is 7.16. The molecule has 2 unspecified atom stereocenters. The summed E-state index contributed by atoms with van der Waals surface area (Å²) in [6, 6.07) is -0.265. The smallest absolute Gasteiger partial charge is 0.409 e. The maximum atomic E-state index is 11.9. The Balaban J connectivity index is 1.41. The highest BCUT2D eigenvalue weighted by atomic mass is 16.6. The predicted molar refractivity (Wildman–Crippen MR) is 150 cm³/mol. The van der Waals surface area contributed by atoms with Crippen LogP contribution in [-0.2, 0) is 9.47 Å². The van der Waals surface area contributed by atoms with E-state index in [2.05, 4.69) is 21.3 Å². The van der Waals surface area contributed by atoms with Crippen LogP contribution in [0.1, 0.15) is 39.5 Å². The highest BCUT2D eigenvalue weighted by Crippen LogP contribution is 2.18. The molecule has 2 aliphatic heterocycles. The summed E-state index contributed by atoms with van der Waals surface area (Å²) in [5.41, 5.74) is 0. The van der Waals surface area contributed by atoms with Crippen LogP contribution in [0.3, 0.4) is 0 Å². The minimum Gasteiger partial charge on any atom is -0.450 e. The molecular weight excluding hydrogens is 520 g/mol. The number of nitrogens with zero attached hydrogens (tertiary/aromatic N) is 4. The van der Waals surface area contributed by atoms with Gasteiger partial charge in [0.2, 0.25) is 0 Å². The van der Waals surface area contributed by atoms with Gasteiger partial charge in [-0.2, -0.15) is 0 Å². The molecule has 0 bridgehead atoms. The Labute approximate surface area is 235 Å². The number of nitrogens with one attached hydrogen (secondary N) is 8. The molecule has 3 rings (SSSR count). The number of guanidine groups is 4. The van der Waals surface area contributed by atoms with E-state index in [1.54, 1.807) is 33.4 Å². The topological polar surface area (TPSA) is 209 Å². The Morgan fingerprint density at radius 1 is 0.625 bits per heavy atom. The highest BCUT2D eigenvalue weighted by Gasteiger charge is 2.29. The zero-order valence-corrected chi connectivity index (χ0v) is 23.5. The number of hydrogen-bond donors (Lipinski definition) is 8. The normalized spacial score (nSPS) is 21.1.